The molecular formula is C22H20F2N2O4S. The van der Waals surface area contributed by atoms with E-state index in [1.54, 1.807) is 6.92 Å². The van der Waals surface area contributed by atoms with E-state index in [0.717, 1.165) is 6.07 Å². The number of amides is 1. The highest BCUT2D eigenvalue weighted by Gasteiger charge is 2.20. The lowest BCUT2D eigenvalue weighted by Gasteiger charge is -2.17. The van der Waals surface area contributed by atoms with E-state index in [0.29, 0.717) is 17.9 Å². The van der Waals surface area contributed by atoms with Gasteiger partial charge < -0.3 is 10.1 Å². The first kappa shape index (κ1) is 22.2. The lowest BCUT2D eigenvalue weighted by atomic mass is 10.2. The molecule has 162 valence electrons. The van der Waals surface area contributed by atoms with Gasteiger partial charge in [-0.3, -0.25) is 9.52 Å². The maximum atomic E-state index is 13.7. The average Bonchev–Trinajstić information content (AvgIpc) is 2.75. The molecule has 0 heterocycles. The molecule has 31 heavy (non-hydrogen) atoms. The van der Waals surface area contributed by atoms with Crippen LogP contribution in [0.4, 0.5) is 20.2 Å². The molecule has 1 amide bonds. The van der Waals surface area contributed by atoms with Crippen LogP contribution in [-0.4, -0.2) is 20.4 Å². The molecule has 3 aromatic rings. The van der Waals surface area contributed by atoms with Gasteiger partial charge in [-0.05, 0) is 67.1 Å². The number of hydrogen-bond acceptors (Lipinski definition) is 4. The molecule has 0 saturated carbocycles. The highest BCUT2D eigenvalue weighted by molar-refractivity contribution is 7.92. The van der Waals surface area contributed by atoms with Gasteiger partial charge in [0.05, 0.1) is 10.6 Å². The Morgan fingerprint density at radius 3 is 2.23 bits per heavy atom. The minimum absolute atomic E-state index is 0.0941. The van der Waals surface area contributed by atoms with E-state index in [1.165, 1.54) is 66.7 Å². The Labute approximate surface area is 178 Å². The molecule has 0 spiro atoms. The summed E-state index contributed by atoms with van der Waals surface area (Å²) >= 11 is 0. The molecule has 0 aliphatic rings. The Hall–Kier alpha value is -3.46. The number of ether oxygens (including phenoxy) is 1. The fourth-order valence-electron chi connectivity index (χ4n) is 2.69. The first-order valence-electron chi connectivity index (χ1n) is 9.39. The first-order chi connectivity index (χ1) is 14.8. The number of halogens is 2. The van der Waals surface area contributed by atoms with Crippen LogP contribution in [0.3, 0.4) is 0 Å². The summed E-state index contributed by atoms with van der Waals surface area (Å²) in [5.74, 6) is -1.19. The minimum atomic E-state index is -4.00. The van der Waals surface area contributed by atoms with Crippen molar-refractivity contribution in [3.63, 3.8) is 0 Å². The Morgan fingerprint density at radius 2 is 1.61 bits per heavy atom. The lowest BCUT2D eigenvalue weighted by Crippen LogP contribution is -2.32. The smallest absolute Gasteiger partial charge is 0.265 e. The van der Waals surface area contributed by atoms with Gasteiger partial charge in [-0.15, -0.1) is 0 Å². The van der Waals surface area contributed by atoms with Crippen molar-refractivity contribution in [1.29, 1.82) is 0 Å². The molecule has 6 nitrogen and oxygen atoms in total. The van der Waals surface area contributed by atoms with E-state index in [4.69, 9.17) is 4.74 Å². The number of anilines is 2. The molecule has 9 heteroatoms. The summed E-state index contributed by atoms with van der Waals surface area (Å²) in [5, 5.41) is 2.65. The van der Waals surface area contributed by atoms with Gasteiger partial charge in [0.15, 0.2) is 6.10 Å². The molecule has 0 aliphatic heterocycles. The molecule has 0 bridgehead atoms. The Morgan fingerprint density at radius 1 is 0.968 bits per heavy atom. The zero-order valence-corrected chi connectivity index (χ0v) is 17.3. The van der Waals surface area contributed by atoms with E-state index < -0.39 is 33.7 Å². The molecule has 2 N–H and O–H groups in total. The highest BCUT2D eigenvalue weighted by Crippen LogP contribution is 2.21. The third-order valence-electron chi connectivity index (χ3n) is 4.31. The third kappa shape index (κ3) is 5.79. The summed E-state index contributed by atoms with van der Waals surface area (Å²) in [6.45, 7) is 1.76. The summed E-state index contributed by atoms with van der Waals surface area (Å²) in [6, 6.07) is 16.1. The van der Waals surface area contributed by atoms with Crippen molar-refractivity contribution in [2.45, 2.75) is 24.3 Å². The molecule has 3 aromatic carbocycles. The van der Waals surface area contributed by atoms with E-state index in [2.05, 4.69) is 10.0 Å². The summed E-state index contributed by atoms with van der Waals surface area (Å²) in [5.41, 5.74) is 0.194. The lowest BCUT2D eigenvalue weighted by molar-refractivity contribution is -0.122. The van der Waals surface area contributed by atoms with Crippen LogP contribution in [-0.2, 0) is 14.8 Å². The number of para-hydroxylation sites is 1. The van der Waals surface area contributed by atoms with Gasteiger partial charge in [0, 0.05) is 5.69 Å². The Kier molecular flexibility index (Phi) is 6.86. The van der Waals surface area contributed by atoms with Crippen LogP contribution in [0.2, 0.25) is 0 Å². The second kappa shape index (κ2) is 9.57. The number of rotatable bonds is 8. The predicted molar refractivity (Wildman–Crippen MR) is 113 cm³/mol. The van der Waals surface area contributed by atoms with Gasteiger partial charge in [-0.25, -0.2) is 17.2 Å². The molecule has 0 radical (unpaired) electrons. The van der Waals surface area contributed by atoms with Crippen LogP contribution in [0.1, 0.15) is 13.3 Å². The number of benzene rings is 3. The van der Waals surface area contributed by atoms with E-state index in [9.17, 15) is 22.0 Å². The first-order valence-corrected chi connectivity index (χ1v) is 10.9. The summed E-state index contributed by atoms with van der Waals surface area (Å²) in [7, 11) is -4.00. The highest BCUT2D eigenvalue weighted by atomic mass is 32.2. The summed E-state index contributed by atoms with van der Waals surface area (Å²) in [6.07, 6.45) is -0.459. The maximum Gasteiger partial charge on any atom is 0.265 e. The van der Waals surface area contributed by atoms with Crippen LogP contribution in [0, 0.1) is 11.6 Å². The van der Waals surface area contributed by atoms with Crippen molar-refractivity contribution < 1.29 is 26.7 Å². The summed E-state index contributed by atoms with van der Waals surface area (Å²) in [4.78, 5) is 12.4. The average molecular weight is 446 g/mol. The third-order valence-corrected chi connectivity index (χ3v) is 5.69. The molecular weight excluding hydrogens is 426 g/mol. The Bertz CT molecular complexity index is 1150. The van der Waals surface area contributed by atoms with Crippen molar-refractivity contribution in [2.24, 2.45) is 0 Å². The standard InChI is InChI=1S/C22H20F2N2O4S/c1-2-21(30-17-11-7-15(23)8-12-17)22(27)25-16-9-13-18(14-10-16)31(28,29)26-20-6-4-3-5-19(20)24/h3-14,21,26H,2H2,1H3,(H,25,27)/t21-/m0/s1. The van der Waals surface area contributed by atoms with Gasteiger partial charge in [0.25, 0.3) is 15.9 Å². The second-order valence-corrected chi connectivity index (χ2v) is 8.25. The van der Waals surface area contributed by atoms with Crippen LogP contribution in [0.5, 0.6) is 5.75 Å². The van der Waals surface area contributed by atoms with E-state index in [-0.39, 0.29) is 10.6 Å². The van der Waals surface area contributed by atoms with Crippen molar-refractivity contribution in [3.05, 3.63) is 84.4 Å². The quantitative estimate of drug-likeness (QED) is 0.531. The van der Waals surface area contributed by atoms with Gasteiger partial charge in [-0.1, -0.05) is 19.1 Å². The molecule has 0 unspecified atom stereocenters. The molecule has 0 fully saturated rings. The van der Waals surface area contributed by atoms with Gasteiger partial charge in [0.2, 0.25) is 0 Å². The normalized spacial score (nSPS) is 12.1. The van der Waals surface area contributed by atoms with E-state index >= 15 is 0 Å². The fraction of sp³-hybridized carbons (Fsp3) is 0.136. The molecule has 0 aliphatic carbocycles. The molecule has 0 saturated heterocycles. The van der Waals surface area contributed by atoms with Gasteiger partial charge >= 0.3 is 0 Å². The van der Waals surface area contributed by atoms with Crippen molar-refractivity contribution in [2.75, 3.05) is 10.0 Å². The number of sulfonamides is 1. The zero-order valence-electron chi connectivity index (χ0n) is 16.5. The number of hydrogen-bond donors (Lipinski definition) is 2. The number of nitrogens with one attached hydrogen (secondary N) is 2. The molecule has 3 rings (SSSR count). The molecule has 1 atom stereocenters. The second-order valence-electron chi connectivity index (χ2n) is 6.57. The molecule has 0 aromatic heterocycles. The van der Waals surface area contributed by atoms with E-state index in [1.807, 2.05) is 0 Å². The Balaban J connectivity index is 1.67. The van der Waals surface area contributed by atoms with Crippen LogP contribution in [0.15, 0.2) is 77.7 Å². The summed E-state index contributed by atoms with van der Waals surface area (Å²) < 4.78 is 59.4. The maximum absolute atomic E-state index is 13.7. The topological polar surface area (TPSA) is 84.5 Å². The minimum Gasteiger partial charge on any atom is -0.481 e. The van der Waals surface area contributed by atoms with Gasteiger partial charge in [0.1, 0.15) is 17.4 Å². The monoisotopic (exact) mass is 446 g/mol. The fourth-order valence-corrected chi connectivity index (χ4v) is 3.75. The van der Waals surface area contributed by atoms with Crippen molar-refractivity contribution in [3.8, 4) is 5.75 Å². The van der Waals surface area contributed by atoms with Crippen LogP contribution in [0.25, 0.3) is 0 Å². The largest absolute Gasteiger partial charge is 0.481 e. The van der Waals surface area contributed by atoms with Gasteiger partial charge in [-0.2, -0.15) is 0 Å². The predicted octanol–water partition coefficient (Wildman–Crippen LogP) is 4.56. The van der Waals surface area contributed by atoms with Crippen LogP contribution >= 0.6 is 0 Å². The van der Waals surface area contributed by atoms with Crippen molar-refractivity contribution in [1.82, 2.24) is 0 Å². The van der Waals surface area contributed by atoms with Crippen molar-refractivity contribution >= 4 is 27.3 Å². The zero-order chi connectivity index (χ0) is 22.4. The van der Waals surface area contributed by atoms with Crippen LogP contribution < -0.4 is 14.8 Å². The SMILES string of the molecule is CC[C@H](Oc1ccc(F)cc1)C(=O)Nc1ccc(S(=O)(=O)Nc2ccccc2F)cc1. The number of carbonyl (C=O) groups excluding carboxylic acids is 1. The number of carbonyl (C=O) groups is 1.